The van der Waals surface area contributed by atoms with Gasteiger partial charge < -0.3 is 15.0 Å². The third-order valence-electron chi connectivity index (χ3n) is 2.32. The maximum atomic E-state index is 11.3. The number of carbonyl (C=O) groups is 1. The quantitative estimate of drug-likeness (QED) is 0.812. The fourth-order valence-corrected chi connectivity index (χ4v) is 2.16. The zero-order valence-corrected chi connectivity index (χ0v) is 10.7. The number of nitrogens with zero attached hydrogens (tertiary/aromatic N) is 1. The number of hydrogen-bond donors (Lipinski definition) is 1. The lowest BCUT2D eigenvalue weighted by Gasteiger charge is -2.23. The molecule has 0 bridgehead atoms. The van der Waals surface area contributed by atoms with E-state index >= 15 is 0 Å². The van der Waals surface area contributed by atoms with Crippen molar-refractivity contribution in [3.8, 4) is 0 Å². The van der Waals surface area contributed by atoms with Gasteiger partial charge in [0.25, 0.3) is 0 Å². The number of likely N-dealkylation sites (N-methyl/N-ethyl adjacent to an activating group) is 1. The molecule has 0 saturated heterocycles. The molecule has 0 aromatic carbocycles. The summed E-state index contributed by atoms with van der Waals surface area (Å²) in [5.41, 5.74) is 1.23. The summed E-state index contributed by atoms with van der Waals surface area (Å²) < 4.78 is 4.76. The van der Waals surface area contributed by atoms with E-state index in [1.165, 1.54) is 12.7 Å². The Balaban J connectivity index is 2.50. The van der Waals surface area contributed by atoms with E-state index < -0.39 is 0 Å². The highest BCUT2D eigenvalue weighted by Crippen LogP contribution is 2.19. The van der Waals surface area contributed by atoms with Crippen molar-refractivity contribution in [1.82, 2.24) is 10.2 Å². The molecule has 16 heavy (non-hydrogen) atoms. The van der Waals surface area contributed by atoms with Gasteiger partial charge >= 0.3 is 0 Å². The lowest BCUT2D eigenvalue weighted by Crippen LogP contribution is -2.35. The van der Waals surface area contributed by atoms with Crippen molar-refractivity contribution in [1.29, 1.82) is 0 Å². The molecule has 1 heterocycles. The van der Waals surface area contributed by atoms with Gasteiger partial charge in [-0.3, -0.25) is 4.79 Å². The zero-order valence-electron chi connectivity index (χ0n) is 9.90. The van der Waals surface area contributed by atoms with Crippen molar-refractivity contribution in [3.63, 3.8) is 0 Å². The molecule has 0 saturated carbocycles. The molecular weight excluding hydrogens is 224 g/mol. The first kappa shape index (κ1) is 13.2. The molecule has 0 aliphatic carbocycles. The molecule has 1 aromatic rings. The fraction of sp³-hybridized carbons (Fsp3) is 0.545. The molecule has 1 rings (SSSR count). The molecule has 0 fully saturated rings. The molecule has 0 aliphatic rings. The second kappa shape index (κ2) is 6.62. The first-order valence-electron chi connectivity index (χ1n) is 5.09. The number of rotatable bonds is 6. The number of ether oxygens (including phenoxy) is 1. The average Bonchev–Trinajstić information content (AvgIpc) is 2.71. The van der Waals surface area contributed by atoms with Gasteiger partial charge in [-0.1, -0.05) is 0 Å². The van der Waals surface area contributed by atoms with E-state index in [1.54, 1.807) is 11.3 Å². The molecule has 0 unspecified atom stereocenters. The minimum atomic E-state index is -0.0791. The highest BCUT2D eigenvalue weighted by Gasteiger charge is 2.15. The van der Waals surface area contributed by atoms with E-state index in [1.807, 2.05) is 19.5 Å². The second-order valence-corrected chi connectivity index (χ2v) is 4.55. The van der Waals surface area contributed by atoms with E-state index in [2.05, 4.69) is 21.7 Å². The van der Waals surface area contributed by atoms with Crippen molar-refractivity contribution in [3.05, 3.63) is 22.4 Å². The Labute approximate surface area is 100 Å². The highest BCUT2D eigenvalue weighted by molar-refractivity contribution is 7.07. The fourth-order valence-electron chi connectivity index (χ4n) is 1.46. The van der Waals surface area contributed by atoms with Gasteiger partial charge in [0.15, 0.2) is 0 Å². The van der Waals surface area contributed by atoms with E-state index in [4.69, 9.17) is 4.74 Å². The van der Waals surface area contributed by atoms with Crippen LogP contribution in [0.3, 0.4) is 0 Å². The summed E-state index contributed by atoms with van der Waals surface area (Å²) in [6, 6.07) is 2.30. The van der Waals surface area contributed by atoms with E-state index in [-0.39, 0.29) is 18.6 Å². The van der Waals surface area contributed by atoms with Crippen LogP contribution in [0.1, 0.15) is 11.6 Å². The Morgan fingerprint density at radius 2 is 2.38 bits per heavy atom. The lowest BCUT2D eigenvalue weighted by molar-refractivity contribution is -0.124. The van der Waals surface area contributed by atoms with E-state index in [0.29, 0.717) is 6.54 Å². The Hall–Kier alpha value is -0.910. The molecule has 1 aromatic heterocycles. The van der Waals surface area contributed by atoms with Crippen LogP contribution in [0.5, 0.6) is 0 Å². The summed E-state index contributed by atoms with van der Waals surface area (Å²) in [5, 5.41) is 7.00. The molecule has 0 spiro atoms. The van der Waals surface area contributed by atoms with Crippen molar-refractivity contribution >= 4 is 17.2 Å². The second-order valence-electron chi connectivity index (χ2n) is 3.77. The number of hydrogen-bond acceptors (Lipinski definition) is 4. The Morgan fingerprint density at radius 1 is 1.62 bits per heavy atom. The van der Waals surface area contributed by atoms with Crippen LogP contribution < -0.4 is 5.32 Å². The number of carbonyl (C=O) groups excluding carboxylic acids is 1. The largest absolute Gasteiger partial charge is 0.375 e. The number of nitrogens with one attached hydrogen (secondary N) is 1. The van der Waals surface area contributed by atoms with Crippen LogP contribution in [0, 0.1) is 0 Å². The third kappa shape index (κ3) is 3.92. The van der Waals surface area contributed by atoms with Crippen molar-refractivity contribution in [2.24, 2.45) is 0 Å². The maximum Gasteiger partial charge on any atom is 0.246 e. The Kier molecular flexibility index (Phi) is 5.45. The Morgan fingerprint density at radius 3 is 2.88 bits per heavy atom. The van der Waals surface area contributed by atoms with Gasteiger partial charge in [0.2, 0.25) is 5.91 Å². The highest BCUT2D eigenvalue weighted by atomic mass is 32.1. The van der Waals surface area contributed by atoms with Crippen LogP contribution in [-0.2, 0) is 9.53 Å². The minimum Gasteiger partial charge on any atom is -0.375 e. The summed E-state index contributed by atoms with van der Waals surface area (Å²) in [4.78, 5) is 13.4. The maximum absolute atomic E-state index is 11.3. The van der Waals surface area contributed by atoms with Crippen LogP contribution in [0.4, 0.5) is 0 Å². The molecule has 0 aliphatic heterocycles. The monoisotopic (exact) mass is 242 g/mol. The molecule has 0 radical (unpaired) electrons. The van der Waals surface area contributed by atoms with Gasteiger partial charge in [-0.15, -0.1) is 0 Å². The Bertz CT molecular complexity index is 312. The summed E-state index contributed by atoms with van der Waals surface area (Å²) in [6.45, 7) is 0.718. The summed E-state index contributed by atoms with van der Waals surface area (Å²) in [7, 11) is 5.53. The number of amides is 1. The van der Waals surface area contributed by atoms with Crippen molar-refractivity contribution in [2.45, 2.75) is 6.04 Å². The predicted molar refractivity (Wildman–Crippen MR) is 65.6 cm³/mol. The smallest absolute Gasteiger partial charge is 0.246 e. The molecule has 90 valence electrons. The third-order valence-corrected chi connectivity index (χ3v) is 3.02. The SMILES string of the molecule is COCC(=O)NC[C@H](c1ccsc1)N(C)C. The topological polar surface area (TPSA) is 41.6 Å². The zero-order chi connectivity index (χ0) is 12.0. The van der Waals surface area contributed by atoms with Gasteiger partial charge in [-0.2, -0.15) is 11.3 Å². The minimum absolute atomic E-state index is 0.0791. The van der Waals surface area contributed by atoms with E-state index in [0.717, 1.165) is 0 Å². The molecular formula is C11H18N2O2S. The van der Waals surface area contributed by atoms with Gasteiger partial charge in [-0.25, -0.2) is 0 Å². The average molecular weight is 242 g/mol. The van der Waals surface area contributed by atoms with Crippen LogP contribution in [-0.4, -0.2) is 45.2 Å². The van der Waals surface area contributed by atoms with Crippen molar-refractivity contribution < 1.29 is 9.53 Å². The summed E-state index contributed by atoms with van der Waals surface area (Å²) in [6.07, 6.45) is 0. The summed E-state index contributed by atoms with van der Waals surface area (Å²) >= 11 is 1.67. The van der Waals surface area contributed by atoms with Gasteiger partial charge in [0.1, 0.15) is 6.61 Å². The number of methoxy groups -OCH3 is 1. The van der Waals surface area contributed by atoms with E-state index in [9.17, 15) is 4.79 Å². The van der Waals surface area contributed by atoms with Crippen LogP contribution in [0.2, 0.25) is 0 Å². The van der Waals surface area contributed by atoms with Crippen molar-refractivity contribution in [2.75, 3.05) is 34.4 Å². The summed E-state index contributed by atoms with van der Waals surface area (Å²) in [5.74, 6) is -0.0791. The first-order chi connectivity index (χ1) is 7.65. The lowest BCUT2D eigenvalue weighted by atomic mass is 10.1. The van der Waals surface area contributed by atoms with Crippen LogP contribution >= 0.6 is 11.3 Å². The first-order valence-corrected chi connectivity index (χ1v) is 6.03. The standard InChI is InChI=1S/C11H18N2O2S/c1-13(2)10(9-4-5-16-8-9)6-12-11(14)7-15-3/h4-5,8,10H,6-7H2,1-3H3,(H,12,14)/t10-/m1/s1. The van der Waals surface area contributed by atoms with Gasteiger partial charge in [-0.05, 0) is 36.5 Å². The molecule has 1 amide bonds. The molecule has 1 atom stereocenters. The van der Waals surface area contributed by atoms with Crippen LogP contribution in [0.15, 0.2) is 16.8 Å². The van der Waals surface area contributed by atoms with Gasteiger partial charge in [0.05, 0.1) is 6.04 Å². The number of thiophene rings is 1. The molecule has 4 nitrogen and oxygen atoms in total. The van der Waals surface area contributed by atoms with Crippen LogP contribution in [0.25, 0.3) is 0 Å². The normalized spacial score (nSPS) is 12.8. The predicted octanol–water partition coefficient (Wildman–Crippen LogP) is 1.11. The molecule has 5 heteroatoms. The molecule has 1 N–H and O–H groups in total. The van der Waals surface area contributed by atoms with Gasteiger partial charge in [0, 0.05) is 13.7 Å².